The van der Waals surface area contributed by atoms with E-state index in [0.29, 0.717) is 0 Å². The minimum atomic E-state index is -4.37. The zero-order valence-electron chi connectivity index (χ0n) is 11.6. The highest BCUT2D eigenvalue weighted by atomic mass is 19.4. The van der Waals surface area contributed by atoms with Gasteiger partial charge in [0, 0.05) is 19.6 Å². The molecule has 122 valence electrons. The summed E-state index contributed by atoms with van der Waals surface area (Å²) in [4.78, 5) is 1.23. The molecule has 0 spiro atoms. The molecule has 1 aromatic rings. The average molecular weight is 320 g/mol. The topological polar surface area (TPSA) is 67.5 Å². The summed E-state index contributed by atoms with van der Waals surface area (Å²) in [6.07, 6.45) is -6.70. The summed E-state index contributed by atoms with van der Waals surface area (Å²) in [5.41, 5.74) is 0.381. The number of hydrogen-bond acceptors (Lipinski definition) is 4. The van der Waals surface area contributed by atoms with Gasteiger partial charge < -0.3 is 10.2 Å². The SMILES string of the molecule is N#Cc1ccc(F)cc1CN(CCC(F)(F)F)C[C@H](O)CO. The lowest BCUT2D eigenvalue weighted by Gasteiger charge is -2.25. The molecule has 0 bridgehead atoms. The van der Waals surface area contributed by atoms with Crippen LogP contribution in [-0.4, -0.2) is 47.1 Å². The molecule has 0 amide bonds. The van der Waals surface area contributed by atoms with Crippen LogP contribution in [0.15, 0.2) is 18.2 Å². The van der Waals surface area contributed by atoms with Gasteiger partial charge in [-0.15, -0.1) is 0 Å². The standard InChI is InChI=1S/C14H16F4N2O2/c15-12-2-1-10(6-19)11(5-12)7-20(8-13(22)9-21)4-3-14(16,17)18/h1-2,5,13,21-22H,3-4,7-9H2/t13-/m0/s1. The van der Waals surface area contributed by atoms with E-state index >= 15 is 0 Å². The van der Waals surface area contributed by atoms with Gasteiger partial charge in [-0.2, -0.15) is 18.4 Å². The van der Waals surface area contributed by atoms with E-state index in [0.717, 1.165) is 12.1 Å². The third-order valence-electron chi connectivity index (χ3n) is 2.97. The predicted octanol–water partition coefficient (Wildman–Crippen LogP) is 1.80. The summed E-state index contributed by atoms with van der Waals surface area (Å²) >= 11 is 0. The van der Waals surface area contributed by atoms with Crippen LogP contribution < -0.4 is 0 Å². The number of rotatable bonds is 7. The Morgan fingerprint density at radius 3 is 2.55 bits per heavy atom. The van der Waals surface area contributed by atoms with Crippen molar-refractivity contribution in [2.24, 2.45) is 0 Å². The van der Waals surface area contributed by atoms with Gasteiger partial charge in [0.25, 0.3) is 0 Å². The third-order valence-corrected chi connectivity index (χ3v) is 2.97. The number of hydrogen-bond donors (Lipinski definition) is 2. The Labute approximate surface area is 125 Å². The first-order chi connectivity index (χ1) is 10.2. The molecule has 8 heteroatoms. The number of benzene rings is 1. The fraction of sp³-hybridized carbons (Fsp3) is 0.500. The van der Waals surface area contributed by atoms with Crippen LogP contribution in [0.5, 0.6) is 0 Å². The van der Waals surface area contributed by atoms with Crippen molar-refractivity contribution >= 4 is 0 Å². The Balaban J connectivity index is 2.87. The molecule has 0 saturated carbocycles. The lowest BCUT2D eigenvalue weighted by molar-refractivity contribution is -0.139. The fourth-order valence-electron chi connectivity index (χ4n) is 1.92. The monoisotopic (exact) mass is 320 g/mol. The molecule has 4 nitrogen and oxygen atoms in total. The van der Waals surface area contributed by atoms with Crippen LogP contribution in [-0.2, 0) is 6.54 Å². The van der Waals surface area contributed by atoms with Crippen molar-refractivity contribution in [2.45, 2.75) is 25.2 Å². The van der Waals surface area contributed by atoms with Crippen LogP contribution in [0.4, 0.5) is 17.6 Å². The Kier molecular flexibility index (Phi) is 6.74. The van der Waals surface area contributed by atoms with Crippen molar-refractivity contribution in [1.82, 2.24) is 4.90 Å². The van der Waals surface area contributed by atoms with Crippen molar-refractivity contribution < 1.29 is 27.8 Å². The lowest BCUT2D eigenvalue weighted by Crippen LogP contribution is -2.36. The van der Waals surface area contributed by atoms with Gasteiger partial charge in [0.2, 0.25) is 0 Å². The minimum absolute atomic E-state index is 0.131. The van der Waals surface area contributed by atoms with Crippen LogP contribution in [0.3, 0.4) is 0 Å². The van der Waals surface area contributed by atoms with Crippen molar-refractivity contribution in [1.29, 1.82) is 5.26 Å². The molecule has 22 heavy (non-hydrogen) atoms. The van der Waals surface area contributed by atoms with Crippen molar-refractivity contribution in [2.75, 3.05) is 19.7 Å². The highest BCUT2D eigenvalue weighted by Gasteiger charge is 2.28. The van der Waals surface area contributed by atoms with Crippen LogP contribution >= 0.6 is 0 Å². The Hall–Kier alpha value is -1.69. The van der Waals surface area contributed by atoms with E-state index in [1.807, 2.05) is 6.07 Å². The van der Waals surface area contributed by atoms with E-state index in [4.69, 9.17) is 10.4 Å². The number of nitrogens with zero attached hydrogens (tertiary/aromatic N) is 2. The summed E-state index contributed by atoms with van der Waals surface area (Å²) in [6, 6.07) is 5.25. The highest BCUT2D eigenvalue weighted by molar-refractivity contribution is 5.37. The maximum atomic E-state index is 13.2. The van der Waals surface area contributed by atoms with Gasteiger partial charge in [-0.25, -0.2) is 4.39 Å². The molecular weight excluding hydrogens is 304 g/mol. The second kappa shape index (κ2) is 8.08. The number of aliphatic hydroxyl groups is 2. The van der Waals surface area contributed by atoms with E-state index in [-0.39, 0.29) is 24.2 Å². The molecule has 0 aliphatic carbocycles. The number of nitriles is 1. The number of aliphatic hydroxyl groups excluding tert-OH is 2. The number of alkyl halides is 3. The molecule has 1 rings (SSSR count). The molecule has 0 saturated heterocycles. The lowest BCUT2D eigenvalue weighted by atomic mass is 10.1. The smallest absolute Gasteiger partial charge is 0.390 e. The van der Waals surface area contributed by atoms with E-state index in [9.17, 15) is 22.7 Å². The second-order valence-electron chi connectivity index (χ2n) is 4.85. The third kappa shape index (κ3) is 6.39. The van der Waals surface area contributed by atoms with E-state index < -0.39 is 37.7 Å². The summed E-state index contributed by atoms with van der Waals surface area (Å²) in [5, 5.41) is 27.2. The van der Waals surface area contributed by atoms with Crippen molar-refractivity contribution in [3.8, 4) is 6.07 Å². The molecule has 0 heterocycles. The van der Waals surface area contributed by atoms with Crippen LogP contribution in [0.25, 0.3) is 0 Å². The maximum absolute atomic E-state index is 13.2. The maximum Gasteiger partial charge on any atom is 0.390 e. The van der Waals surface area contributed by atoms with E-state index in [1.54, 1.807) is 0 Å². The zero-order chi connectivity index (χ0) is 16.8. The minimum Gasteiger partial charge on any atom is -0.394 e. The molecule has 0 fully saturated rings. The van der Waals surface area contributed by atoms with E-state index in [2.05, 4.69) is 0 Å². The fourth-order valence-corrected chi connectivity index (χ4v) is 1.92. The molecule has 0 aromatic heterocycles. The summed E-state index contributed by atoms with van der Waals surface area (Å²) in [6.45, 7) is -1.37. The Morgan fingerprint density at radius 2 is 2.00 bits per heavy atom. The normalized spacial score (nSPS) is 13.2. The molecule has 1 atom stereocenters. The first-order valence-corrected chi connectivity index (χ1v) is 6.51. The molecule has 0 aliphatic rings. The van der Waals surface area contributed by atoms with Gasteiger partial charge in [0.1, 0.15) is 5.82 Å². The summed E-state index contributed by atoms with van der Waals surface area (Å²) in [5.74, 6) is -0.604. The molecule has 1 aromatic carbocycles. The second-order valence-corrected chi connectivity index (χ2v) is 4.85. The molecule has 0 unspecified atom stereocenters. The van der Waals surface area contributed by atoms with Crippen LogP contribution in [0.2, 0.25) is 0 Å². The Bertz CT molecular complexity index is 529. The Morgan fingerprint density at radius 1 is 1.32 bits per heavy atom. The largest absolute Gasteiger partial charge is 0.394 e. The first kappa shape index (κ1) is 18.4. The average Bonchev–Trinajstić information content (AvgIpc) is 2.44. The summed E-state index contributed by atoms with van der Waals surface area (Å²) < 4.78 is 50.2. The predicted molar refractivity (Wildman–Crippen MR) is 70.2 cm³/mol. The highest BCUT2D eigenvalue weighted by Crippen LogP contribution is 2.21. The van der Waals surface area contributed by atoms with Crippen LogP contribution in [0, 0.1) is 17.1 Å². The van der Waals surface area contributed by atoms with Gasteiger partial charge in [-0.3, -0.25) is 4.90 Å². The van der Waals surface area contributed by atoms with Gasteiger partial charge in [-0.05, 0) is 23.8 Å². The van der Waals surface area contributed by atoms with Crippen molar-refractivity contribution in [3.63, 3.8) is 0 Å². The molecular formula is C14H16F4N2O2. The van der Waals surface area contributed by atoms with Gasteiger partial charge >= 0.3 is 6.18 Å². The van der Waals surface area contributed by atoms with E-state index in [1.165, 1.54) is 11.0 Å². The van der Waals surface area contributed by atoms with Gasteiger partial charge in [-0.1, -0.05) is 0 Å². The molecule has 0 aliphatic heterocycles. The number of halogens is 4. The van der Waals surface area contributed by atoms with Gasteiger partial charge in [0.15, 0.2) is 0 Å². The quantitative estimate of drug-likeness (QED) is 0.752. The van der Waals surface area contributed by atoms with Crippen LogP contribution in [0.1, 0.15) is 17.5 Å². The van der Waals surface area contributed by atoms with Gasteiger partial charge in [0.05, 0.1) is 30.8 Å². The zero-order valence-corrected chi connectivity index (χ0v) is 11.6. The van der Waals surface area contributed by atoms with Crippen molar-refractivity contribution in [3.05, 3.63) is 35.1 Å². The molecule has 0 radical (unpaired) electrons. The molecule has 2 N–H and O–H groups in total. The summed E-state index contributed by atoms with van der Waals surface area (Å²) in [7, 11) is 0. The first-order valence-electron chi connectivity index (χ1n) is 6.51.